The van der Waals surface area contributed by atoms with Gasteiger partial charge in [-0.05, 0) is 38.0 Å². The second-order valence-corrected chi connectivity index (χ2v) is 7.24. The summed E-state index contributed by atoms with van der Waals surface area (Å²) in [6.07, 6.45) is 0.879. The van der Waals surface area contributed by atoms with E-state index in [4.69, 9.17) is 14.6 Å². The largest absolute Gasteiger partial charge is 0.491 e. The van der Waals surface area contributed by atoms with Crippen molar-refractivity contribution in [1.29, 1.82) is 0 Å². The van der Waals surface area contributed by atoms with Crippen LogP contribution in [0, 0.1) is 6.92 Å². The van der Waals surface area contributed by atoms with Crippen LogP contribution in [0.25, 0.3) is 0 Å². The van der Waals surface area contributed by atoms with Crippen LogP contribution in [0.4, 0.5) is 0 Å². The highest BCUT2D eigenvalue weighted by molar-refractivity contribution is 5.28. The number of ether oxygens (including phenoxy) is 2. The van der Waals surface area contributed by atoms with Crippen molar-refractivity contribution >= 4 is 0 Å². The Morgan fingerprint density at radius 3 is 2.70 bits per heavy atom. The molecule has 3 rings (SSSR count). The van der Waals surface area contributed by atoms with E-state index in [1.54, 1.807) is 0 Å². The van der Waals surface area contributed by atoms with Crippen LogP contribution in [0.2, 0.25) is 0 Å². The van der Waals surface area contributed by atoms with Crippen molar-refractivity contribution in [2.45, 2.75) is 32.1 Å². The quantitative estimate of drug-likeness (QED) is 0.783. The summed E-state index contributed by atoms with van der Waals surface area (Å²) in [4.78, 5) is 2.28. The Hall–Kier alpha value is -1.92. The molecule has 0 radical (unpaired) electrons. The molecule has 0 saturated carbocycles. The van der Waals surface area contributed by atoms with Gasteiger partial charge in [-0.1, -0.05) is 42.0 Å². The Balaban J connectivity index is 1.63. The zero-order valence-electron chi connectivity index (χ0n) is 16.1. The van der Waals surface area contributed by atoms with Crippen LogP contribution in [0.1, 0.15) is 23.6 Å². The number of nitrogens with zero attached hydrogens (tertiary/aromatic N) is 1. The summed E-state index contributed by atoms with van der Waals surface area (Å²) in [6.45, 7) is 6.27. The normalized spacial score (nSPS) is 21.8. The van der Waals surface area contributed by atoms with Crippen LogP contribution in [0.5, 0.6) is 5.75 Å². The second kappa shape index (κ2) is 8.85. The molecule has 2 N–H and O–H groups in total. The minimum atomic E-state index is -1.26. The molecule has 2 aromatic carbocycles. The predicted molar refractivity (Wildman–Crippen MR) is 105 cm³/mol. The molecule has 2 atom stereocenters. The Kier molecular flexibility index (Phi) is 6.50. The van der Waals surface area contributed by atoms with Crippen molar-refractivity contribution in [3.05, 3.63) is 65.2 Å². The zero-order chi connectivity index (χ0) is 19.3. The molecule has 146 valence electrons. The van der Waals surface area contributed by atoms with E-state index in [-0.39, 0.29) is 12.6 Å². The molecule has 1 saturated heterocycles. The number of hydrogen-bond acceptors (Lipinski definition) is 5. The third kappa shape index (κ3) is 5.08. The molecular formula is C22H29NO4. The van der Waals surface area contributed by atoms with Crippen LogP contribution < -0.4 is 4.74 Å². The molecule has 2 unspecified atom stereocenters. The fourth-order valence-corrected chi connectivity index (χ4v) is 3.53. The molecule has 1 fully saturated rings. The van der Waals surface area contributed by atoms with E-state index >= 15 is 0 Å². The topological polar surface area (TPSA) is 62.2 Å². The van der Waals surface area contributed by atoms with Gasteiger partial charge in [0.25, 0.3) is 0 Å². The van der Waals surface area contributed by atoms with Crippen molar-refractivity contribution < 1.29 is 19.7 Å². The molecule has 0 amide bonds. The van der Waals surface area contributed by atoms with Gasteiger partial charge in [0.05, 0.1) is 19.8 Å². The van der Waals surface area contributed by atoms with Crippen molar-refractivity contribution in [2.75, 3.05) is 32.9 Å². The lowest BCUT2D eigenvalue weighted by atomic mass is 9.99. The first-order chi connectivity index (χ1) is 13.0. The molecule has 5 nitrogen and oxygen atoms in total. The van der Waals surface area contributed by atoms with E-state index in [2.05, 4.69) is 24.0 Å². The van der Waals surface area contributed by atoms with Crippen LogP contribution >= 0.6 is 0 Å². The van der Waals surface area contributed by atoms with E-state index < -0.39 is 5.79 Å². The van der Waals surface area contributed by atoms with Crippen LogP contribution in [-0.4, -0.2) is 54.1 Å². The molecule has 0 aromatic heterocycles. The maximum atomic E-state index is 11.1. The number of aliphatic hydroxyl groups is 2. The Bertz CT molecular complexity index is 733. The Labute approximate surface area is 161 Å². The van der Waals surface area contributed by atoms with Crippen molar-refractivity contribution in [3.8, 4) is 5.75 Å². The highest BCUT2D eigenvalue weighted by Gasteiger charge is 2.37. The van der Waals surface area contributed by atoms with Crippen LogP contribution in [-0.2, 0) is 16.9 Å². The van der Waals surface area contributed by atoms with Crippen LogP contribution in [0.3, 0.4) is 0 Å². The summed E-state index contributed by atoms with van der Waals surface area (Å²) in [5.74, 6) is -0.499. The number of benzene rings is 2. The molecule has 0 bridgehead atoms. The van der Waals surface area contributed by atoms with E-state index in [0.29, 0.717) is 19.8 Å². The predicted octanol–water partition coefficient (Wildman–Crippen LogP) is 2.47. The first-order valence-corrected chi connectivity index (χ1v) is 9.50. The van der Waals surface area contributed by atoms with Crippen molar-refractivity contribution in [1.82, 2.24) is 4.90 Å². The molecular weight excluding hydrogens is 342 g/mol. The lowest BCUT2D eigenvalue weighted by Crippen LogP contribution is -2.53. The lowest BCUT2D eigenvalue weighted by Gasteiger charge is -2.42. The minimum Gasteiger partial charge on any atom is -0.491 e. The summed E-state index contributed by atoms with van der Waals surface area (Å²) in [6, 6.07) is 16.1. The molecule has 0 spiro atoms. The molecule has 2 aromatic rings. The van der Waals surface area contributed by atoms with Gasteiger partial charge in [-0.25, -0.2) is 0 Å². The second-order valence-electron chi connectivity index (χ2n) is 7.24. The lowest BCUT2D eigenvalue weighted by molar-refractivity contribution is -0.251. The van der Waals surface area contributed by atoms with E-state index in [1.165, 1.54) is 5.56 Å². The van der Waals surface area contributed by atoms with Gasteiger partial charge in [0.15, 0.2) is 0 Å². The van der Waals surface area contributed by atoms with E-state index in [9.17, 15) is 5.11 Å². The number of hydrogen-bond donors (Lipinski definition) is 2. The average Bonchev–Trinajstić information content (AvgIpc) is 2.67. The van der Waals surface area contributed by atoms with E-state index in [0.717, 1.165) is 29.8 Å². The number of β-amino-alcohol motifs (C(OH)–C–C–N with tert-alkyl or cyclic N) is 1. The number of aliphatic hydroxyl groups excluding tert-OH is 1. The number of aryl methyl sites for hydroxylation is 1. The molecule has 0 aliphatic carbocycles. The molecule has 1 heterocycles. The Morgan fingerprint density at radius 1 is 1.22 bits per heavy atom. The summed E-state index contributed by atoms with van der Waals surface area (Å²) in [5.41, 5.74) is 3.13. The van der Waals surface area contributed by atoms with E-state index in [1.807, 2.05) is 43.3 Å². The van der Waals surface area contributed by atoms with Gasteiger partial charge >= 0.3 is 0 Å². The summed E-state index contributed by atoms with van der Waals surface area (Å²) >= 11 is 0. The van der Waals surface area contributed by atoms with Crippen molar-refractivity contribution in [2.24, 2.45) is 0 Å². The van der Waals surface area contributed by atoms with Gasteiger partial charge < -0.3 is 19.7 Å². The highest BCUT2D eigenvalue weighted by Crippen LogP contribution is 2.29. The van der Waals surface area contributed by atoms with Gasteiger partial charge in [-0.3, -0.25) is 4.90 Å². The summed E-state index contributed by atoms with van der Waals surface area (Å²) in [7, 11) is 0. The maximum Gasteiger partial charge on any atom is 0.205 e. The van der Waals surface area contributed by atoms with Gasteiger partial charge in [0.1, 0.15) is 12.4 Å². The first kappa shape index (κ1) is 19.8. The molecule has 27 heavy (non-hydrogen) atoms. The summed E-state index contributed by atoms with van der Waals surface area (Å²) < 4.78 is 11.2. The third-order valence-electron chi connectivity index (χ3n) is 5.04. The average molecular weight is 371 g/mol. The van der Waals surface area contributed by atoms with Gasteiger partial charge in [0.2, 0.25) is 5.79 Å². The third-order valence-corrected chi connectivity index (χ3v) is 5.04. The maximum absolute atomic E-state index is 11.1. The van der Waals surface area contributed by atoms with Crippen molar-refractivity contribution in [3.63, 3.8) is 0 Å². The minimum absolute atomic E-state index is 0.0136. The molecule has 5 heteroatoms. The SMILES string of the molecule is Cc1cccc(C2(O)CN(C(C)Cc3ccc(OCCO)cc3)CCO2)c1. The Morgan fingerprint density at radius 2 is 2.00 bits per heavy atom. The fourth-order valence-electron chi connectivity index (χ4n) is 3.53. The number of morpholine rings is 1. The van der Waals surface area contributed by atoms with Crippen LogP contribution in [0.15, 0.2) is 48.5 Å². The smallest absolute Gasteiger partial charge is 0.205 e. The van der Waals surface area contributed by atoms with Gasteiger partial charge in [-0.2, -0.15) is 0 Å². The summed E-state index contributed by atoms with van der Waals surface area (Å²) in [5, 5.41) is 19.9. The highest BCUT2D eigenvalue weighted by atomic mass is 16.6. The first-order valence-electron chi connectivity index (χ1n) is 9.50. The van der Waals surface area contributed by atoms with Gasteiger partial charge in [-0.15, -0.1) is 0 Å². The molecule has 1 aliphatic rings. The monoisotopic (exact) mass is 371 g/mol. The number of rotatable bonds is 7. The van der Waals surface area contributed by atoms with Gasteiger partial charge in [0, 0.05) is 18.2 Å². The molecule has 1 aliphatic heterocycles. The zero-order valence-corrected chi connectivity index (χ0v) is 16.1. The standard InChI is InChI=1S/C22H29NO4/c1-17-4-3-5-20(14-17)22(25)16-23(10-12-27-22)18(2)15-19-6-8-21(9-7-19)26-13-11-24/h3-9,14,18,24-25H,10-13,15-16H2,1-2H3. The fraction of sp³-hybridized carbons (Fsp3) is 0.455.